The summed E-state index contributed by atoms with van der Waals surface area (Å²) >= 11 is 0. The molecule has 110 valence electrons. The fourth-order valence-corrected chi connectivity index (χ4v) is 0. The number of carbonyl (C=O) groups excluding carboxylic acids is 3. The molecule has 6 heteroatoms. The topological polar surface area (TPSA) is 120 Å². The van der Waals surface area contributed by atoms with E-state index >= 15 is 0 Å². The molecule has 0 unspecified atom stereocenters. The Labute approximate surface area is 109 Å². The van der Waals surface area contributed by atoms with E-state index in [0.29, 0.717) is 5.41 Å². The van der Waals surface area contributed by atoms with Crippen molar-refractivity contribution in [2.24, 2.45) is 5.41 Å². The summed E-state index contributed by atoms with van der Waals surface area (Å²) in [6.45, 7) is 11.9. The lowest BCUT2D eigenvalue weighted by Gasteiger charge is -2.12. The number of rotatable bonds is 0. The summed E-state index contributed by atoms with van der Waals surface area (Å²) in [4.78, 5) is 26.7. The highest BCUT2D eigenvalue weighted by Gasteiger charge is 2.03. The van der Waals surface area contributed by atoms with Gasteiger partial charge in [-0.05, 0) is 26.2 Å². The molecule has 0 amide bonds. The minimum absolute atomic E-state index is 0.542. The van der Waals surface area contributed by atoms with Crippen LogP contribution < -0.4 is 15.3 Å². The molecule has 0 aliphatic carbocycles. The van der Waals surface area contributed by atoms with E-state index in [1.54, 1.807) is 0 Å². The van der Waals surface area contributed by atoms with Crippen LogP contribution in [-0.4, -0.2) is 17.9 Å². The zero-order valence-electron chi connectivity index (χ0n) is 12.2. The molecule has 0 bridgehead atoms. The predicted octanol–water partition coefficient (Wildman–Crippen LogP) is -1.29. The van der Waals surface area contributed by atoms with Crippen LogP contribution in [0.3, 0.4) is 0 Å². The van der Waals surface area contributed by atoms with Gasteiger partial charge in [-0.15, -0.1) is 0 Å². The van der Waals surface area contributed by atoms with E-state index in [1.165, 1.54) is 6.42 Å². The SMILES string of the molecule is CC(=O)[O-].CC(=O)[O-].CC(=O)[O-].CCC(C)(C)C. The molecule has 18 heavy (non-hydrogen) atoms. The second kappa shape index (κ2) is 15.4. The Kier molecular flexibility index (Phi) is 21.7. The molecule has 0 spiro atoms. The van der Waals surface area contributed by atoms with Crippen molar-refractivity contribution in [2.75, 3.05) is 0 Å². The standard InChI is InChI=1S/C6H14.3C2H4O2/c1-5-6(2,3)4;3*1-2(3)4/h5H2,1-4H3;3*1H3,(H,3,4)/p-3. The van der Waals surface area contributed by atoms with Gasteiger partial charge in [-0.25, -0.2) is 0 Å². The molecule has 0 atom stereocenters. The maximum Gasteiger partial charge on any atom is 0.0383 e. The number of hydrogen-bond acceptors (Lipinski definition) is 6. The van der Waals surface area contributed by atoms with Gasteiger partial charge in [0.1, 0.15) is 0 Å². The highest BCUT2D eigenvalue weighted by molar-refractivity contribution is 5.60. The molecule has 0 saturated heterocycles. The molecule has 0 aromatic carbocycles. The molecule has 0 aromatic rings. The van der Waals surface area contributed by atoms with E-state index in [4.69, 9.17) is 29.7 Å². The van der Waals surface area contributed by atoms with Crippen molar-refractivity contribution in [2.45, 2.75) is 54.9 Å². The highest BCUT2D eigenvalue weighted by atomic mass is 16.4. The number of aliphatic carboxylic acids is 3. The second-order valence-corrected chi connectivity index (χ2v) is 4.39. The van der Waals surface area contributed by atoms with Gasteiger partial charge in [-0.3, -0.25) is 0 Å². The van der Waals surface area contributed by atoms with Crippen molar-refractivity contribution in [1.82, 2.24) is 0 Å². The first kappa shape index (κ1) is 25.3. The summed E-state index contributed by atoms with van der Waals surface area (Å²) in [5.41, 5.74) is 0.542. The second-order valence-electron chi connectivity index (χ2n) is 4.39. The van der Waals surface area contributed by atoms with E-state index < -0.39 is 17.9 Å². The Hall–Kier alpha value is -1.59. The number of carboxylic acid groups (broad SMARTS) is 3. The zero-order valence-corrected chi connectivity index (χ0v) is 12.2. The van der Waals surface area contributed by atoms with Crippen LogP contribution in [0.25, 0.3) is 0 Å². The van der Waals surface area contributed by atoms with Gasteiger partial charge in [0.25, 0.3) is 0 Å². The molecule has 0 rings (SSSR count). The number of hydrogen-bond donors (Lipinski definition) is 0. The molecule has 6 nitrogen and oxygen atoms in total. The molecular weight excluding hydrogens is 240 g/mol. The van der Waals surface area contributed by atoms with E-state index in [1.807, 2.05) is 0 Å². The lowest BCUT2D eigenvalue weighted by Crippen LogP contribution is -2.16. The van der Waals surface area contributed by atoms with Crippen LogP contribution in [0.5, 0.6) is 0 Å². The van der Waals surface area contributed by atoms with Gasteiger partial charge in [0.05, 0.1) is 0 Å². The van der Waals surface area contributed by atoms with E-state index in [2.05, 4.69) is 27.7 Å². The first-order valence-corrected chi connectivity index (χ1v) is 5.29. The van der Waals surface area contributed by atoms with Crippen molar-refractivity contribution in [3.05, 3.63) is 0 Å². The maximum absolute atomic E-state index is 8.89. The molecule has 0 radical (unpaired) electrons. The van der Waals surface area contributed by atoms with Crippen LogP contribution in [0.2, 0.25) is 0 Å². The van der Waals surface area contributed by atoms with Crippen LogP contribution in [0.4, 0.5) is 0 Å². The average Bonchev–Trinajstić information content (AvgIpc) is 1.99. The molecule has 0 heterocycles. The summed E-state index contributed by atoms with van der Waals surface area (Å²) in [6, 6.07) is 0. The number of carbonyl (C=O) groups is 3. The highest BCUT2D eigenvalue weighted by Crippen LogP contribution is 2.16. The molecule has 0 aromatic heterocycles. The van der Waals surface area contributed by atoms with E-state index in [0.717, 1.165) is 20.8 Å². The van der Waals surface area contributed by atoms with Gasteiger partial charge in [-0.2, -0.15) is 0 Å². The molecule has 0 aliphatic rings. The molecule has 0 N–H and O–H groups in total. The third-order valence-corrected chi connectivity index (χ3v) is 1.06. The van der Waals surface area contributed by atoms with E-state index in [9.17, 15) is 0 Å². The van der Waals surface area contributed by atoms with Crippen LogP contribution in [0.1, 0.15) is 54.9 Å². The Bertz CT molecular complexity index is 187. The maximum atomic E-state index is 8.89. The summed E-state index contributed by atoms with van der Waals surface area (Å²) < 4.78 is 0. The van der Waals surface area contributed by atoms with Gasteiger partial charge >= 0.3 is 0 Å². The quantitative estimate of drug-likeness (QED) is 0.536. The number of carboxylic acids is 3. The molecule has 0 fully saturated rings. The molecule has 0 aliphatic heterocycles. The summed E-state index contributed by atoms with van der Waals surface area (Å²) in [7, 11) is 0. The third-order valence-electron chi connectivity index (χ3n) is 1.06. The minimum Gasteiger partial charge on any atom is -0.550 e. The summed E-state index contributed by atoms with van der Waals surface area (Å²) in [5.74, 6) is -3.25. The van der Waals surface area contributed by atoms with Crippen LogP contribution in [0.15, 0.2) is 0 Å². The monoisotopic (exact) mass is 263 g/mol. The normalized spacial score (nSPS) is 8.17. The largest absolute Gasteiger partial charge is 0.550 e. The first-order valence-electron chi connectivity index (χ1n) is 5.29. The van der Waals surface area contributed by atoms with Gasteiger partial charge in [0.2, 0.25) is 0 Å². The van der Waals surface area contributed by atoms with Crippen molar-refractivity contribution in [3.8, 4) is 0 Å². The Morgan fingerprint density at radius 3 is 0.833 bits per heavy atom. The van der Waals surface area contributed by atoms with Crippen LogP contribution in [-0.2, 0) is 14.4 Å². The lowest BCUT2D eigenvalue weighted by atomic mass is 9.94. The van der Waals surface area contributed by atoms with E-state index in [-0.39, 0.29) is 0 Å². The zero-order chi connectivity index (χ0) is 15.9. The van der Waals surface area contributed by atoms with Gasteiger partial charge in [-0.1, -0.05) is 34.1 Å². The predicted molar refractivity (Wildman–Crippen MR) is 61.8 cm³/mol. The Morgan fingerprint density at radius 2 is 0.833 bits per heavy atom. The van der Waals surface area contributed by atoms with Crippen molar-refractivity contribution in [1.29, 1.82) is 0 Å². The van der Waals surface area contributed by atoms with Crippen LogP contribution >= 0.6 is 0 Å². The molecule has 0 saturated carbocycles. The Morgan fingerprint density at radius 1 is 0.778 bits per heavy atom. The first-order chi connectivity index (χ1) is 7.76. The molecular formula is C12H23O6-3. The van der Waals surface area contributed by atoms with Crippen molar-refractivity contribution < 1.29 is 29.7 Å². The Balaban J connectivity index is -0.0000000742. The lowest BCUT2D eigenvalue weighted by molar-refractivity contribution is -0.303. The van der Waals surface area contributed by atoms with Gasteiger partial charge in [0, 0.05) is 17.9 Å². The fraction of sp³-hybridized carbons (Fsp3) is 0.750. The van der Waals surface area contributed by atoms with Crippen LogP contribution in [0, 0.1) is 5.41 Å². The van der Waals surface area contributed by atoms with Gasteiger partial charge in [0.15, 0.2) is 0 Å². The van der Waals surface area contributed by atoms with Gasteiger partial charge < -0.3 is 29.7 Å². The summed E-state index contributed by atoms with van der Waals surface area (Å²) in [5, 5.41) is 26.7. The van der Waals surface area contributed by atoms with Crippen molar-refractivity contribution in [3.63, 3.8) is 0 Å². The van der Waals surface area contributed by atoms with Crippen molar-refractivity contribution >= 4 is 17.9 Å². The minimum atomic E-state index is -1.08. The summed E-state index contributed by atoms with van der Waals surface area (Å²) in [6.07, 6.45) is 1.27. The fourth-order valence-electron chi connectivity index (χ4n) is 0. The average molecular weight is 263 g/mol. The third kappa shape index (κ3) is 1300. The smallest absolute Gasteiger partial charge is 0.0383 e.